The van der Waals surface area contributed by atoms with Crippen LogP contribution in [0.4, 0.5) is 5.69 Å². The lowest BCUT2D eigenvalue weighted by Gasteiger charge is -2.05. The summed E-state index contributed by atoms with van der Waals surface area (Å²) < 4.78 is 5.98. The van der Waals surface area contributed by atoms with Crippen LogP contribution in [0.2, 0.25) is 0 Å². The zero-order valence-corrected chi connectivity index (χ0v) is 14.6. The molecular formula is C17H18BrN3O2. The smallest absolute Gasteiger partial charge is 0.259 e. The number of nitrogens with one attached hydrogen (secondary N) is 2. The molecule has 120 valence electrons. The van der Waals surface area contributed by atoms with E-state index in [1.54, 1.807) is 13.3 Å². The molecule has 6 heteroatoms. The molecule has 23 heavy (non-hydrogen) atoms. The van der Waals surface area contributed by atoms with Crippen molar-refractivity contribution in [1.29, 1.82) is 0 Å². The zero-order valence-electron chi connectivity index (χ0n) is 13.0. The lowest BCUT2D eigenvalue weighted by Crippen LogP contribution is -2.25. The van der Waals surface area contributed by atoms with Crippen molar-refractivity contribution in [3.05, 3.63) is 58.1 Å². The van der Waals surface area contributed by atoms with Crippen LogP contribution in [0.1, 0.15) is 11.1 Å². The van der Waals surface area contributed by atoms with Gasteiger partial charge in [0.25, 0.3) is 5.91 Å². The second-order valence-corrected chi connectivity index (χ2v) is 5.76. The van der Waals surface area contributed by atoms with Gasteiger partial charge in [0.2, 0.25) is 0 Å². The summed E-state index contributed by atoms with van der Waals surface area (Å²) in [7, 11) is 1.61. The molecular weight excluding hydrogens is 358 g/mol. The first-order valence-corrected chi connectivity index (χ1v) is 7.84. The van der Waals surface area contributed by atoms with Crippen LogP contribution in [-0.4, -0.2) is 25.8 Å². The molecule has 0 aromatic heterocycles. The normalized spacial score (nSPS) is 10.6. The van der Waals surface area contributed by atoms with Crippen LogP contribution in [0.15, 0.2) is 52.0 Å². The summed E-state index contributed by atoms with van der Waals surface area (Å²) in [5, 5.41) is 6.97. The van der Waals surface area contributed by atoms with Crippen molar-refractivity contribution in [2.75, 3.05) is 19.0 Å². The van der Waals surface area contributed by atoms with Crippen molar-refractivity contribution in [2.45, 2.75) is 6.92 Å². The molecule has 0 atom stereocenters. The number of carbonyl (C=O) groups is 1. The van der Waals surface area contributed by atoms with Crippen molar-refractivity contribution < 1.29 is 9.53 Å². The largest absolute Gasteiger partial charge is 0.496 e. The van der Waals surface area contributed by atoms with Gasteiger partial charge >= 0.3 is 0 Å². The van der Waals surface area contributed by atoms with E-state index in [9.17, 15) is 4.79 Å². The van der Waals surface area contributed by atoms with E-state index in [0.717, 1.165) is 21.5 Å². The standard InChI is InChI=1S/C17H18BrN3O2/c1-12-3-6-14(7-4-12)19-11-17(22)21-20-10-13-5-8-16(23-2)15(18)9-13/h3-10,19H,11H2,1-2H3,(H,21,22). The summed E-state index contributed by atoms with van der Waals surface area (Å²) in [6.07, 6.45) is 1.58. The molecule has 1 amide bonds. The highest BCUT2D eigenvalue weighted by atomic mass is 79.9. The monoisotopic (exact) mass is 375 g/mol. The molecule has 0 heterocycles. The zero-order chi connectivity index (χ0) is 16.7. The Hall–Kier alpha value is -2.34. The highest BCUT2D eigenvalue weighted by Gasteiger charge is 2.01. The van der Waals surface area contributed by atoms with Gasteiger partial charge in [-0.25, -0.2) is 5.43 Å². The number of ether oxygens (including phenoxy) is 1. The maximum atomic E-state index is 11.7. The Morgan fingerprint density at radius 1 is 1.26 bits per heavy atom. The molecule has 0 saturated heterocycles. The molecule has 2 N–H and O–H groups in total. The topological polar surface area (TPSA) is 62.7 Å². The molecule has 2 aromatic carbocycles. The first-order chi connectivity index (χ1) is 11.1. The first kappa shape index (κ1) is 17.0. The van der Waals surface area contributed by atoms with E-state index < -0.39 is 0 Å². The number of nitrogens with zero attached hydrogens (tertiary/aromatic N) is 1. The molecule has 2 aromatic rings. The van der Waals surface area contributed by atoms with E-state index in [1.165, 1.54) is 5.56 Å². The number of rotatable bonds is 6. The fourth-order valence-corrected chi connectivity index (χ4v) is 2.39. The maximum Gasteiger partial charge on any atom is 0.259 e. The van der Waals surface area contributed by atoms with Gasteiger partial charge in [0, 0.05) is 5.69 Å². The van der Waals surface area contributed by atoms with Gasteiger partial charge in [-0.05, 0) is 58.7 Å². The van der Waals surface area contributed by atoms with Crippen molar-refractivity contribution in [3.63, 3.8) is 0 Å². The molecule has 0 bridgehead atoms. The number of hydrogen-bond acceptors (Lipinski definition) is 4. The van der Waals surface area contributed by atoms with E-state index >= 15 is 0 Å². The van der Waals surface area contributed by atoms with Gasteiger partial charge in [-0.15, -0.1) is 0 Å². The SMILES string of the molecule is COc1ccc(C=NNC(=O)CNc2ccc(C)cc2)cc1Br. The van der Waals surface area contributed by atoms with Crippen LogP contribution >= 0.6 is 15.9 Å². The summed E-state index contributed by atoms with van der Waals surface area (Å²) in [4.78, 5) is 11.7. The van der Waals surface area contributed by atoms with E-state index in [-0.39, 0.29) is 12.5 Å². The summed E-state index contributed by atoms with van der Waals surface area (Å²) in [6, 6.07) is 13.4. The summed E-state index contributed by atoms with van der Waals surface area (Å²) in [6.45, 7) is 2.18. The molecule has 0 aliphatic carbocycles. The number of methoxy groups -OCH3 is 1. The molecule has 0 spiro atoms. The number of hydrogen-bond donors (Lipinski definition) is 2. The number of carbonyl (C=O) groups excluding carboxylic acids is 1. The predicted molar refractivity (Wildman–Crippen MR) is 96.1 cm³/mol. The predicted octanol–water partition coefficient (Wildman–Crippen LogP) is 3.33. The van der Waals surface area contributed by atoms with Gasteiger partial charge in [0.1, 0.15) is 5.75 Å². The van der Waals surface area contributed by atoms with Gasteiger partial charge < -0.3 is 10.1 Å². The van der Waals surface area contributed by atoms with Crippen LogP contribution in [0, 0.1) is 6.92 Å². The Balaban J connectivity index is 1.81. The van der Waals surface area contributed by atoms with Gasteiger partial charge in [0.05, 0.1) is 24.3 Å². The Morgan fingerprint density at radius 2 is 2.00 bits per heavy atom. The number of halogens is 1. The molecule has 0 fully saturated rings. The van der Waals surface area contributed by atoms with Crippen molar-refractivity contribution in [1.82, 2.24) is 5.43 Å². The maximum absolute atomic E-state index is 11.7. The van der Waals surface area contributed by atoms with E-state index in [1.807, 2.05) is 49.4 Å². The number of hydrazone groups is 1. The fraction of sp³-hybridized carbons (Fsp3) is 0.176. The molecule has 0 unspecified atom stereocenters. The average molecular weight is 376 g/mol. The molecule has 2 rings (SSSR count). The number of benzene rings is 2. The lowest BCUT2D eigenvalue weighted by atomic mass is 10.2. The molecule has 0 aliphatic heterocycles. The Kier molecular flexibility index (Phi) is 6.17. The fourth-order valence-electron chi connectivity index (χ4n) is 1.84. The van der Waals surface area contributed by atoms with Crippen LogP contribution in [0.25, 0.3) is 0 Å². The van der Waals surface area contributed by atoms with Crippen LogP contribution in [0.5, 0.6) is 5.75 Å². The summed E-state index contributed by atoms with van der Waals surface area (Å²) >= 11 is 3.40. The van der Waals surface area contributed by atoms with E-state index in [0.29, 0.717) is 0 Å². The minimum atomic E-state index is -0.214. The third-order valence-electron chi connectivity index (χ3n) is 3.08. The van der Waals surface area contributed by atoms with Crippen LogP contribution in [0.3, 0.4) is 0 Å². The van der Waals surface area contributed by atoms with Gasteiger partial charge in [-0.2, -0.15) is 5.10 Å². The highest BCUT2D eigenvalue weighted by Crippen LogP contribution is 2.24. The summed E-state index contributed by atoms with van der Waals surface area (Å²) in [5.41, 5.74) is 5.41. The summed E-state index contributed by atoms with van der Waals surface area (Å²) in [5.74, 6) is 0.530. The first-order valence-electron chi connectivity index (χ1n) is 7.04. The molecule has 0 aliphatic rings. The van der Waals surface area contributed by atoms with Crippen molar-refractivity contribution in [2.24, 2.45) is 5.10 Å². The second-order valence-electron chi connectivity index (χ2n) is 4.91. The number of aryl methyl sites for hydroxylation is 1. The van der Waals surface area contributed by atoms with Crippen molar-refractivity contribution in [3.8, 4) is 5.75 Å². The third-order valence-corrected chi connectivity index (χ3v) is 3.70. The number of amides is 1. The van der Waals surface area contributed by atoms with Gasteiger partial charge in [-0.3, -0.25) is 4.79 Å². The Bertz CT molecular complexity index is 699. The molecule has 0 saturated carbocycles. The average Bonchev–Trinajstić information content (AvgIpc) is 2.54. The van der Waals surface area contributed by atoms with E-state index in [2.05, 4.69) is 31.8 Å². The van der Waals surface area contributed by atoms with Gasteiger partial charge in [-0.1, -0.05) is 17.7 Å². The third kappa shape index (κ3) is 5.41. The quantitative estimate of drug-likeness (QED) is 0.601. The Labute approximate surface area is 143 Å². The number of anilines is 1. The lowest BCUT2D eigenvalue weighted by molar-refractivity contribution is -0.119. The molecule has 0 radical (unpaired) electrons. The second kappa shape index (κ2) is 8.33. The van der Waals surface area contributed by atoms with Crippen LogP contribution in [-0.2, 0) is 4.79 Å². The van der Waals surface area contributed by atoms with E-state index in [4.69, 9.17) is 4.74 Å². The van der Waals surface area contributed by atoms with Crippen molar-refractivity contribution >= 4 is 33.7 Å². The molecule has 5 nitrogen and oxygen atoms in total. The Morgan fingerprint density at radius 3 is 2.65 bits per heavy atom. The van der Waals surface area contributed by atoms with Crippen LogP contribution < -0.4 is 15.5 Å². The highest BCUT2D eigenvalue weighted by molar-refractivity contribution is 9.10. The van der Waals surface area contributed by atoms with Gasteiger partial charge in [0.15, 0.2) is 0 Å². The minimum absolute atomic E-state index is 0.159. The minimum Gasteiger partial charge on any atom is -0.496 e.